The Bertz CT molecular complexity index is 678. The fourth-order valence-corrected chi connectivity index (χ4v) is 2.47. The van der Waals surface area contributed by atoms with Crippen LogP contribution in [0.1, 0.15) is 26.3 Å². The Morgan fingerprint density at radius 2 is 1.86 bits per heavy atom. The Labute approximate surface area is 131 Å². The number of ether oxygens (including phenoxy) is 1. The molecule has 0 aromatic heterocycles. The Morgan fingerprint density at radius 1 is 1.32 bits per heavy atom. The Hall–Kier alpha value is -2.04. The SMILES string of the molecule is C=C=CC(OC(=O)NS(=O)(=O)c1ccc(C)cc1)C(C)(C)C. The van der Waals surface area contributed by atoms with Gasteiger partial charge in [-0.15, -0.1) is 5.73 Å². The Kier molecular flexibility index (Phi) is 5.58. The van der Waals surface area contributed by atoms with Crippen molar-refractivity contribution in [3.63, 3.8) is 0 Å². The van der Waals surface area contributed by atoms with Gasteiger partial charge in [0, 0.05) is 5.41 Å². The van der Waals surface area contributed by atoms with Crippen LogP contribution in [0.2, 0.25) is 0 Å². The summed E-state index contributed by atoms with van der Waals surface area (Å²) in [5.74, 6) is 0. The van der Waals surface area contributed by atoms with Crippen LogP contribution < -0.4 is 4.72 Å². The van der Waals surface area contributed by atoms with Crippen molar-refractivity contribution in [3.05, 3.63) is 48.2 Å². The van der Waals surface area contributed by atoms with Gasteiger partial charge in [-0.3, -0.25) is 0 Å². The summed E-state index contributed by atoms with van der Waals surface area (Å²) in [6, 6.07) is 6.16. The van der Waals surface area contributed by atoms with Crippen molar-refractivity contribution in [2.45, 2.75) is 38.7 Å². The number of hydrogen-bond donors (Lipinski definition) is 1. The van der Waals surface area contributed by atoms with Crippen molar-refractivity contribution in [2.75, 3.05) is 0 Å². The van der Waals surface area contributed by atoms with Gasteiger partial charge in [0.1, 0.15) is 6.10 Å². The minimum absolute atomic E-state index is 0.00150. The molecule has 22 heavy (non-hydrogen) atoms. The third-order valence-electron chi connectivity index (χ3n) is 2.91. The lowest BCUT2D eigenvalue weighted by molar-refractivity contribution is 0.0655. The lowest BCUT2D eigenvalue weighted by atomic mass is 9.89. The van der Waals surface area contributed by atoms with Crippen LogP contribution in [0.5, 0.6) is 0 Å². The normalized spacial score (nSPS) is 12.9. The van der Waals surface area contributed by atoms with Gasteiger partial charge in [0.2, 0.25) is 0 Å². The van der Waals surface area contributed by atoms with E-state index in [2.05, 4.69) is 12.3 Å². The number of aryl methyl sites for hydroxylation is 1. The zero-order valence-electron chi connectivity index (χ0n) is 13.2. The zero-order chi connectivity index (χ0) is 17.0. The molecule has 120 valence electrons. The molecule has 0 bridgehead atoms. The number of hydrogen-bond acceptors (Lipinski definition) is 4. The van der Waals surface area contributed by atoms with E-state index < -0.39 is 27.6 Å². The molecule has 0 saturated heterocycles. The minimum atomic E-state index is -3.96. The van der Waals surface area contributed by atoms with Crippen molar-refractivity contribution >= 4 is 16.1 Å². The molecular formula is C16H21NO4S. The van der Waals surface area contributed by atoms with Gasteiger partial charge in [0.25, 0.3) is 10.0 Å². The zero-order valence-corrected chi connectivity index (χ0v) is 14.0. The van der Waals surface area contributed by atoms with Crippen LogP contribution in [0, 0.1) is 12.3 Å². The van der Waals surface area contributed by atoms with Crippen molar-refractivity contribution < 1.29 is 17.9 Å². The highest BCUT2D eigenvalue weighted by molar-refractivity contribution is 7.90. The highest BCUT2D eigenvalue weighted by atomic mass is 32.2. The number of nitrogens with one attached hydrogen (secondary N) is 1. The van der Waals surface area contributed by atoms with Gasteiger partial charge >= 0.3 is 6.09 Å². The van der Waals surface area contributed by atoms with Crippen molar-refractivity contribution in [3.8, 4) is 0 Å². The average molecular weight is 323 g/mol. The molecule has 0 aliphatic rings. The molecule has 1 atom stereocenters. The van der Waals surface area contributed by atoms with Gasteiger partial charge < -0.3 is 4.74 Å². The molecule has 0 fully saturated rings. The Balaban J connectivity index is 2.87. The molecule has 1 amide bonds. The third kappa shape index (κ3) is 5.06. The van der Waals surface area contributed by atoms with E-state index in [9.17, 15) is 13.2 Å². The maximum Gasteiger partial charge on any atom is 0.421 e. The first-order chi connectivity index (χ1) is 10.1. The summed E-state index contributed by atoms with van der Waals surface area (Å²) in [6.45, 7) is 10.8. The second kappa shape index (κ2) is 6.81. The summed E-state index contributed by atoms with van der Waals surface area (Å²) in [5, 5.41) is 0. The van der Waals surface area contributed by atoms with Crippen LogP contribution in [0.4, 0.5) is 4.79 Å². The molecule has 1 aromatic carbocycles. The molecule has 1 aromatic rings. The molecule has 0 saturated carbocycles. The fourth-order valence-electron chi connectivity index (χ4n) is 1.59. The van der Waals surface area contributed by atoms with Gasteiger partial charge in [-0.05, 0) is 25.1 Å². The van der Waals surface area contributed by atoms with E-state index in [4.69, 9.17) is 4.74 Å². The number of rotatable bonds is 4. The van der Waals surface area contributed by atoms with Crippen molar-refractivity contribution in [2.24, 2.45) is 5.41 Å². The molecular weight excluding hydrogens is 302 g/mol. The number of amides is 1. The van der Waals surface area contributed by atoms with Gasteiger partial charge in [0.05, 0.1) is 4.90 Å². The lowest BCUT2D eigenvalue weighted by Gasteiger charge is -2.27. The maximum atomic E-state index is 12.1. The molecule has 1 rings (SSSR count). The van der Waals surface area contributed by atoms with E-state index in [-0.39, 0.29) is 4.90 Å². The summed E-state index contributed by atoms with van der Waals surface area (Å²) in [7, 11) is -3.96. The maximum absolute atomic E-state index is 12.1. The van der Waals surface area contributed by atoms with Gasteiger partial charge in [-0.25, -0.2) is 17.9 Å². The van der Waals surface area contributed by atoms with E-state index in [1.165, 1.54) is 18.2 Å². The standard InChI is InChI=1S/C16H21NO4S/c1-6-7-14(16(3,4)5)21-15(18)17-22(19,20)13-10-8-12(2)9-11-13/h7-11,14H,1H2,2-5H3,(H,17,18). The quantitative estimate of drug-likeness (QED) is 0.864. The summed E-state index contributed by atoms with van der Waals surface area (Å²) in [4.78, 5) is 11.9. The van der Waals surface area contributed by atoms with Crippen LogP contribution in [0.15, 0.2) is 47.5 Å². The van der Waals surface area contributed by atoms with Crippen LogP contribution in [-0.4, -0.2) is 20.6 Å². The number of sulfonamides is 1. The molecule has 0 heterocycles. The van der Waals surface area contributed by atoms with Crippen LogP contribution in [0.3, 0.4) is 0 Å². The smallest absolute Gasteiger partial charge is 0.421 e. The second-order valence-corrected chi connectivity index (χ2v) is 7.66. The molecule has 6 heteroatoms. The van der Waals surface area contributed by atoms with Gasteiger partial charge in [-0.2, -0.15) is 0 Å². The third-order valence-corrected chi connectivity index (χ3v) is 4.23. The monoisotopic (exact) mass is 323 g/mol. The first kappa shape index (κ1) is 18.0. The largest absolute Gasteiger partial charge is 0.440 e. The van der Waals surface area contributed by atoms with E-state index in [1.807, 2.05) is 32.4 Å². The highest BCUT2D eigenvalue weighted by Crippen LogP contribution is 2.23. The second-order valence-electron chi connectivity index (χ2n) is 5.98. The first-order valence-corrected chi connectivity index (χ1v) is 8.20. The van der Waals surface area contributed by atoms with Gasteiger partial charge in [0.15, 0.2) is 0 Å². The van der Waals surface area contributed by atoms with E-state index in [0.717, 1.165) is 5.56 Å². The van der Waals surface area contributed by atoms with Crippen molar-refractivity contribution in [1.29, 1.82) is 0 Å². The molecule has 1 N–H and O–H groups in total. The van der Waals surface area contributed by atoms with Crippen molar-refractivity contribution in [1.82, 2.24) is 4.72 Å². The predicted molar refractivity (Wildman–Crippen MR) is 84.9 cm³/mol. The minimum Gasteiger partial charge on any atom is -0.440 e. The fraction of sp³-hybridized carbons (Fsp3) is 0.375. The Morgan fingerprint density at radius 3 is 2.32 bits per heavy atom. The summed E-state index contributed by atoms with van der Waals surface area (Å²) in [6.07, 6.45) is -0.192. The topological polar surface area (TPSA) is 72.5 Å². The average Bonchev–Trinajstić information content (AvgIpc) is 2.37. The number of carbonyl (C=O) groups excluding carboxylic acids is 1. The van der Waals surface area contributed by atoms with Crippen LogP contribution >= 0.6 is 0 Å². The number of carbonyl (C=O) groups is 1. The molecule has 5 nitrogen and oxygen atoms in total. The lowest BCUT2D eigenvalue weighted by Crippen LogP contribution is -2.37. The van der Waals surface area contributed by atoms with E-state index in [0.29, 0.717) is 0 Å². The molecule has 0 aliphatic heterocycles. The molecule has 0 aliphatic carbocycles. The molecule has 0 radical (unpaired) electrons. The highest BCUT2D eigenvalue weighted by Gasteiger charge is 2.28. The number of benzene rings is 1. The van der Waals surface area contributed by atoms with E-state index in [1.54, 1.807) is 12.1 Å². The predicted octanol–water partition coefficient (Wildman–Crippen LogP) is 3.17. The summed E-state index contributed by atoms with van der Waals surface area (Å²) >= 11 is 0. The molecule has 0 spiro atoms. The van der Waals surface area contributed by atoms with Gasteiger partial charge in [-0.1, -0.05) is 45.0 Å². The first-order valence-electron chi connectivity index (χ1n) is 6.72. The summed E-state index contributed by atoms with van der Waals surface area (Å²) < 4.78 is 31.2. The molecule has 1 unspecified atom stereocenters. The van der Waals surface area contributed by atoms with E-state index >= 15 is 0 Å². The van der Waals surface area contributed by atoms with Crippen LogP contribution in [0.25, 0.3) is 0 Å². The summed E-state index contributed by atoms with van der Waals surface area (Å²) in [5.41, 5.74) is 3.07. The van der Waals surface area contributed by atoms with Crippen LogP contribution in [-0.2, 0) is 14.8 Å².